The Balaban J connectivity index is 1.59. The first kappa shape index (κ1) is 19.7. The molecular weight excluding hydrogens is 344 g/mol. The number of piperidine rings is 1. The average molecular weight is 377 g/mol. The predicted molar refractivity (Wildman–Crippen MR) is 104 cm³/mol. The van der Waals surface area contributed by atoms with Crippen LogP contribution in [0.4, 0.5) is 0 Å². The summed E-state index contributed by atoms with van der Waals surface area (Å²) in [4.78, 5) is 20.6. The third kappa shape index (κ3) is 5.22. The summed E-state index contributed by atoms with van der Waals surface area (Å²) in [7, 11) is 1.92. The molecule has 0 spiro atoms. The van der Waals surface area contributed by atoms with Crippen molar-refractivity contribution in [2.24, 2.45) is 18.0 Å². The molecular formula is C19H32N6O2. The highest BCUT2D eigenvalue weighted by Gasteiger charge is 2.26. The van der Waals surface area contributed by atoms with Crippen molar-refractivity contribution in [3.63, 3.8) is 0 Å². The number of aromatic nitrogens is 2. The van der Waals surface area contributed by atoms with E-state index in [0.717, 1.165) is 63.6 Å². The van der Waals surface area contributed by atoms with Gasteiger partial charge in [-0.15, -0.1) is 0 Å². The van der Waals surface area contributed by atoms with Crippen molar-refractivity contribution in [3.8, 4) is 0 Å². The number of ether oxygens (including phenoxy) is 1. The maximum Gasteiger partial charge on any atom is 0.219 e. The standard InChI is InChI=1S/C19H32N6O2/c1-4-20-19(21-11-16-5-7-24(8-6-16)15(2)26)25-9-10-27-18(14-25)17-12-22-23(3)13-17/h12-13,16,18H,4-11,14H2,1-3H3,(H,20,21). The molecule has 8 nitrogen and oxygen atoms in total. The monoisotopic (exact) mass is 376 g/mol. The van der Waals surface area contributed by atoms with Crippen LogP contribution in [0.2, 0.25) is 0 Å². The minimum Gasteiger partial charge on any atom is -0.370 e. The summed E-state index contributed by atoms with van der Waals surface area (Å²) in [6.45, 7) is 9.41. The number of likely N-dealkylation sites (tertiary alicyclic amines) is 1. The van der Waals surface area contributed by atoms with Crippen molar-refractivity contribution >= 4 is 11.9 Å². The molecule has 0 aliphatic carbocycles. The molecule has 2 saturated heterocycles. The molecule has 0 aromatic carbocycles. The van der Waals surface area contributed by atoms with E-state index in [2.05, 4.69) is 22.2 Å². The van der Waals surface area contributed by atoms with E-state index in [-0.39, 0.29) is 12.0 Å². The summed E-state index contributed by atoms with van der Waals surface area (Å²) in [5.41, 5.74) is 1.11. The highest BCUT2D eigenvalue weighted by molar-refractivity contribution is 5.80. The van der Waals surface area contributed by atoms with Crippen LogP contribution in [0.25, 0.3) is 0 Å². The lowest BCUT2D eigenvalue weighted by atomic mass is 9.97. The number of hydrogen-bond donors (Lipinski definition) is 1. The maximum atomic E-state index is 11.5. The zero-order valence-corrected chi connectivity index (χ0v) is 16.7. The van der Waals surface area contributed by atoms with Crippen molar-refractivity contribution < 1.29 is 9.53 Å². The molecule has 3 rings (SSSR count). The molecule has 1 unspecified atom stereocenters. The molecule has 8 heteroatoms. The number of aliphatic imine (C=N–C) groups is 1. The Kier molecular flexibility index (Phi) is 6.71. The summed E-state index contributed by atoms with van der Waals surface area (Å²) in [5.74, 6) is 1.69. The lowest BCUT2D eigenvalue weighted by Gasteiger charge is -2.35. The van der Waals surface area contributed by atoms with Gasteiger partial charge in [0, 0.05) is 58.5 Å². The molecule has 0 radical (unpaired) electrons. The molecule has 1 atom stereocenters. The highest BCUT2D eigenvalue weighted by Crippen LogP contribution is 2.22. The number of carbonyl (C=O) groups is 1. The van der Waals surface area contributed by atoms with Gasteiger partial charge in [0.1, 0.15) is 6.10 Å². The van der Waals surface area contributed by atoms with E-state index < -0.39 is 0 Å². The second-order valence-electron chi connectivity index (χ2n) is 7.40. The molecule has 2 aliphatic heterocycles. The minimum atomic E-state index is 0.0233. The van der Waals surface area contributed by atoms with Crippen molar-refractivity contribution in [3.05, 3.63) is 18.0 Å². The fraction of sp³-hybridized carbons (Fsp3) is 0.737. The number of hydrogen-bond acceptors (Lipinski definition) is 4. The number of nitrogens with zero attached hydrogens (tertiary/aromatic N) is 5. The molecule has 1 amide bonds. The number of aryl methyl sites for hydroxylation is 1. The Morgan fingerprint density at radius 1 is 1.33 bits per heavy atom. The van der Waals surface area contributed by atoms with Gasteiger partial charge in [-0.05, 0) is 25.7 Å². The van der Waals surface area contributed by atoms with Gasteiger partial charge >= 0.3 is 0 Å². The molecule has 0 bridgehead atoms. The van der Waals surface area contributed by atoms with Gasteiger partial charge in [-0.3, -0.25) is 14.5 Å². The van der Waals surface area contributed by atoms with E-state index in [0.29, 0.717) is 12.5 Å². The molecule has 1 N–H and O–H groups in total. The summed E-state index contributed by atoms with van der Waals surface area (Å²) in [6, 6.07) is 0. The number of nitrogens with one attached hydrogen (secondary N) is 1. The molecule has 3 heterocycles. The topological polar surface area (TPSA) is 75.0 Å². The summed E-state index contributed by atoms with van der Waals surface area (Å²) < 4.78 is 7.76. The van der Waals surface area contributed by atoms with Gasteiger partial charge in [-0.1, -0.05) is 0 Å². The van der Waals surface area contributed by atoms with E-state index in [1.165, 1.54) is 0 Å². The number of carbonyl (C=O) groups excluding carboxylic acids is 1. The van der Waals surface area contributed by atoms with Gasteiger partial charge in [-0.25, -0.2) is 0 Å². The fourth-order valence-corrected chi connectivity index (χ4v) is 3.72. The second-order valence-corrected chi connectivity index (χ2v) is 7.40. The molecule has 2 fully saturated rings. The Labute approximate surface area is 161 Å². The van der Waals surface area contributed by atoms with Crippen molar-refractivity contribution in [1.82, 2.24) is 24.9 Å². The third-order valence-electron chi connectivity index (χ3n) is 5.36. The Hall–Kier alpha value is -2.09. The molecule has 150 valence electrons. The average Bonchev–Trinajstić information content (AvgIpc) is 3.12. The first-order valence-electron chi connectivity index (χ1n) is 9.95. The third-order valence-corrected chi connectivity index (χ3v) is 5.36. The van der Waals surface area contributed by atoms with Crippen LogP contribution in [0.1, 0.15) is 38.4 Å². The molecule has 1 aromatic rings. The minimum absolute atomic E-state index is 0.0233. The van der Waals surface area contributed by atoms with E-state index in [1.54, 1.807) is 6.92 Å². The van der Waals surface area contributed by atoms with E-state index in [1.807, 2.05) is 29.0 Å². The second kappa shape index (κ2) is 9.21. The smallest absolute Gasteiger partial charge is 0.219 e. The fourth-order valence-electron chi connectivity index (χ4n) is 3.72. The maximum absolute atomic E-state index is 11.5. The first-order valence-corrected chi connectivity index (χ1v) is 9.95. The van der Waals surface area contributed by atoms with Crippen LogP contribution in [-0.4, -0.2) is 77.3 Å². The molecule has 1 aromatic heterocycles. The van der Waals surface area contributed by atoms with Crippen LogP contribution in [0.5, 0.6) is 0 Å². The molecule has 2 aliphatic rings. The Morgan fingerprint density at radius 2 is 2.11 bits per heavy atom. The van der Waals surface area contributed by atoms with Crippen LogP contribution in [-0.2, 0) is 16.6 Å². The Bertz CT molecular complexity index is 650. The summed E-state index contributed by atoms with van der Waals surface area (Å²) in [5, 5.41) is 7.69. The van der Waals surface area contributed by atoms with Crippen molar-refractivity contribution in [1.29, 1.82) is 0 Å². The number of rotatable bonds is 4. The number of morpholine rings is 1. The molecule has 27 heavy (non-hydrogen) atoms. The van der Waals surface area contributed by atoms with Gasteiger partial charge in [-0.2, -0.15) is 5.10 Å². The van der Waals surface area contributed by atoms with Gasteiger partial charge < -0.3 is 19.9 Å². The van der Waals surface area contributed by atoms with Crippen LogP contribution >= 0.6 is 0 Å². The van der Waals surface area contributed by atoms with E-state index in [4.69, 9.17) is 9.73 Å². The first-order chi connectivity index (χ1) is 13.1. The number of guanidine groups is 1. The van der Waals surface area contributed by atoms with Gasteiger partial charge in [0.05, 0.1) is 19.3 Å². The van der Waals surface area contributed by atoms with E-state index in [9.17, 15) is 4.79 Å². The zero-order chi connectivity index (χ0) is 19.2. The molecule has 0 saturated carbocycles. The van der Waals surface area contributed by atoms with Crippen LogP contribution in [0.15, 0.2) is 17.4 Å². The van der Waals surface area contributed by atoms with Gasteiger partial charge in [0.25, 0.3) is 0 Å². The van der Waals surface area contributed by atoms with Crippen LogP contribution in [0, 0.1) is 5.92 Å². The van der Waals surface area contributed by atoms with Crippen LogP contribution < -0.4 is 5.32 Å². The van der Waals surface area contributed by atoms with Gasteiger partial charge in [0.15, 0.2) is 5.96 Å². The predicted octanol–water partition coefficient (Wildman–Crippen LogP) is 1.02. The van der Waals surface area contributed by atoms with Gasteiger partial charge in [0.2, 0.25) is 5.91 Å². The van der Waals surface area contributed by atoms with Crippen molar-refractivity contribution in [2.75, 3.05) is 45.9 Å². The lowest BCUT2D eigenvalue weighted by molar-refractivity contribution is -0.130. The highest BCUT2D eigenvalue weighted by atomic mass is 16.5. The van der Waals surface area contributed by atoms with E-state index >= 15 is 0 Å². The summed E-state index contributed by atoms with van der Waals surface area (Å²) in [6.07, 6.45) is 5.98. The van der Waals surface area contributed by atoms with Crippen LogP contribution in [0.3, 0.4) is 0 Å². The lowest BCUT2D eigenvalue weighted by Crippen LogP contribution is -2.48. The Morgan fingerprint density at radius 3 is 2.74 bits per heavy atom. The number of amides is 1. The quantitative estimate of drug-likeness (QED) is 0.627. The SMILES string of the molecule is CCNC(=NCC1CCN(C(C)=O)CC1)N1CCOC(c2cnn(C)c2)C1. The normalized spacial score (nSPS) is 22.2. The largest absolute Gasteiger partial charge is 0.370 e. The van der Waals surface area contributed by atoms with Crippen molar-refractivity contribution in [2.45, 2.75) is 32.8 Å². The summed E-state index contributed by atoms with van der Waals surface area (Å²) >= 11 is 0. The zero-order valence-electron chi connectivity index (χ0n) is 16.7.